The number of hydrogen-bond acceptors (Lipinski definition) is 10. The van der Waals surface area contributed by atoms with E-state index < -0.39 is 11.2 Å². The molecular weight excluding hydrogens is 627 g/mol. The Labute approximate surface area is 276 Å². The van der Waals surface area contributed by atoms with Gasteiger partial charge in [0, 0.05) is 10.4 Å². The zero-order valence-corrected chi connectivity index (χ0v) is 27.9. The van der Waals surface area contributed by atoms with E-state index in [0.717, 1.165) is 41.7 Å². The summed E-state index contributed by atoms with van der Waals surface area (Å²) in [6, 6.07) is 14.8. The van der Waals surface area contributed by atoms with Crippen molar-refractivity contribution in [1.82, 2.24) is 20.1 Å². The Bertz CT molecular complexity index is 1700. The molecular formula is C33H37N5O6S2. The molecule has 1 unspecified atom stereocenters. The second-order valence-corrected chi connectivity index (χ2v) is 13.0. The Balaban J connectivity index is 1.33. The minimum Gasteiger partial charge on any atom is -0.493 e. The largest absolute Gasteiger partial charge is 0.493 e. The minimum absolute atomic E-state index is 0.109. The third-order valence-corrected chi connectivity index (χ3v) is 9.86. The van der Waals surface area contributed by atoms with Crippen molar-refractivity contribution in [3.05, 3.63) is 81.5 Å². The van der Waals surface area contributed by atoms with E-state index in [1.54, 1.807) is 32.0 Å². The molecule has 2 N–H and O–H groups in total. The van der Waals surface area contributed by atoms with Gasteiger partial charge in [0.25, 0.3) is 5.91 Å². The van der Waals surface area contributed by atoms with E-state index in [0.29, 0.717) is 45.2 Å². The number of carbonyl (C=O) groups excluding carboxylic acids is 3. The van der Waals surface area contributed by atoms with Gasteiger partial charge in [-0.25, -0.2) is 4.79 Å². The Hall–Kier alpha value is -4.36. The molecule has 2 heterocycles. The number of anilines is 1. The summed E-state index contributed by atoms with van der Waals surface area (Å²) in [5.74, 6) is 0.533. The lowest BCUT2D eigenvalue weighted by molar-refractivity contribution is -0.115. The van der Waals surface area contributed by atoms with Gasteiger partial charge in [-0.15, -0.1) is 21.5 Å². The van der Waals surface area contributed by atoms with Crippen LogP contribution < -0.4 is 20.1 Å². The maximum Gasteiger partial charge on any atom is 0.341 e. The summed E-state index contributed by atoms with van der Waals surface area (Å²) in [6.45, 7) is 4.37. The van der Waals surface area contributed by atoms with Crippen molar-refractivity contribution in [2.45, 2.75) is 63.0 Å². The summed E-state index contributed by atoms with van der Waals surface area (Å²) < 4.78 is 17.8. The van der Waals surface area contributed by atoms with E-state index in [9.17, 15) is 14.4 Å². The fourth-order valence-corrected chi connectivity index (χ4v) is 7.35. The molecule has 2 aromatic heterocycles. The molecule has 1 aliphatic carbocycles. The number of fused-ring (bicyclic) bond motifs is 1. The average molecular weight is 664 g/mol. The van der Waals surface area contributed by atoms with Crippen LogP contribution in [0, 0.1) is 0 Å². The highest BCUT2D eigenvalue weighted by Gasteiger charge is 2.29. The number of ether oxygens (including phenoxy) is 3. The maximum absolute atomic E-state index is 13.5. The van der Waals surface area contributed by atoms with E-state index in [-0.39, 0.29) is 25.0 Å². The first kappa shape index (κ1) is 33.0. The molecule has 0 saturated carbocycles. The summed E-state index contributed by atoms with van der Waals surface area (Å²) in [4.78, 5) is 40.6. The SMILES string of the molecule is CCOC(=O)c1c(NC(=O)C(C)Sc2nnc(CNC(=O)c3ccc(OC)c(OC)c3)n2Cc2ccccc2)sc2c1CCCC2. The molecule has 0 saturated heterocycles. The van der Waals surface area contributed by atoms with Crippen molar-refractivity contribution < 1.29 is 28.6 Å². The zero-order valence-electron chi connectivity index (χ0n) is 26.3. The van der Waals surface area contributed by atoms with Crippen LogP contribution in [-0.4, -0.2) is 58.6 Å². The molecule has 1 atom stereocenters. The molecule has 5 rings (SSSR count). The third kappa shape index (κ3) is 7.53. The van der Waals surface area contributed by atoms with Crippen LogP contribution in [0.25, 0.3) is 0 Å². The number of thiophene rings is 1. The van der Waals surface area contributed by atoms with E-state index in [1.807, 2.05) is 34.9 Å². The lowest BCUT2D eigenvalue weighted by atomic mass is 9.95. The fourth-order valence-electron chi connectivity index (χ4n) is 5.20. The molecule has 0 radical (unpaired) electrons. The number of nitrogens with zero attached hydrogens (tertiary/aromatic N) is 3. The molecule has 0 aliphatic heterocycles. The Morgan fingerprint density at radius 3 is 2.52 bits per heavy atom. The highest BCUT2D eigenvalue weighted by Crippen LogP contribution is 2.39. The van der Waals surface area contributed by atoms with Crippen molar-refractivity contribution in [1.29, 1.82) is 0 Å². The molecule has 0 spiro atoms. The second-order valence-electron chi connectivity index (χ2n) is 10.6. The van der Waals surface area contributed by atoms with E-state index in [2.05, 4.69) is 20.8 Å². The third-order valence-electron chi connectivity index (χ3n) is 7.57. The number of nitrogens with one attached hydrogen (secondary N) is 2. The van der Waals surface area contributed by atoms with Gasteiger partial charge in [0.05, 0.1) is 44.7 Å². The number of amides is 2. The van der Waals surface area contributed by atoms with Gasteiger partial charge in [-0.3, -0.25) is 9.59 Å². The van der Waals surface area contributed by atoms with E-state index in [4.69, 9.17) is 14.2 Å². The molecule has 2 aromatic carbocycles. The van der Waals surface area contributed by atoms with Gasteiger partial charge in [0.15, 0.2) is 22.5 Å². The molecule has 1 aliphatic rings. The van der Waals surface area contributed by atoms with Crippen LogP contribution in [0.4, 0.5) is 5.00 Å². The topological polar surface area (TPSA) is 134 Å². The standard InChI is InChI=1S/C33H37N5O6S2/c1-5-44-32(41)28-23-13-9-10-14-26(23)46-31(28)35-29(39)20(2)45-33-37-36-27(38(33)19-21-11-7-6-8-12-21)18-34-30(40)22-15-16-24(42-3)25(17-22)43-4/h6-8,11-12,15-17,20H,5,9-10,13-14,18-19H2,1-4H3,(H,34,40)(H,35,39). The van der Waals surface area contributed by atoms with Gasteiger partial charge in [-0.1, -0.05) is 42.1 Å². The van der Waals surface area contributed by atoms with Crippen molar-refractivity contribution in [3.8, 4) is 11.5 Å². The number of benzene rings is 2. The number of methoxy groups -OCH3 is 2. The van der Waals surface area contributed by atoms with Gasteiger partial charge in [0.1, 0.15) is 5.00 Å². The van der Waals surface area contributed by atoms with Crippen molar-refractivity contribution in [2.75, 3.05) is 26.1 Å². The second kappa shape index (κ2) is 15.3. The van der Waals surface area contributed by atoms with Crippen LogP contribution >= 0.6 is 23.1 Å². The number of thioether (sulfide) groups is 1. The van der Waals surface area contributed by atoms with E-state index >= 15 is 0 Å². The van der Waals surface area contributed by atoms with Crippen molar-refractivity contribution in [2.24, 2.45) is 0 Å². The van der Waals surface area contributed by atoms with Crippen molar-refractivity contribution in [3.63, 3.8) is 0 Å². The van der Waals surface area contributed by atoms with Crippen molar-refractivity contribution >= 4 is 45.9 Å². The summed E-state index contributed by atoms with van der Waals surface area (Å²) >= 11 is 2.72. The Morgan fingerprint density at radius 1 is 1.02 bits per heavy atom. The number of aryl methyl sites for hydroxylation is 1. The lowest BCUT2D eigenvalue weighted by Crippen LogP contribution is -2.25. The van der Waals surface area contributed by atoms with Crippen LogP contribution in [0.5, 0.6) is 11.5 Å². The highest BCUT2D eigenvalue weighted by atomic mass is 32.2. The lowest BCUT2D eigenvalue weighted by Gasteiger charge is -2.15. The number of esters is 1. The van der Waals surface area contributed by atoms with Crippen LogP contribution in [0.2, 0.25) is 0 Å². The minimum atomic E-state index is -0.567. The summed E-state index contributed by atoms with van der Waals surface area (Å²) in [7, 11) is 3.05. The molecule has 0 fully saturated rings. The van der Waals surface area contributed by atoms with Crippen LogP contribution in [0.3, 0.4) is 0 Å². The number of carbonyl (C=O) groups is 3. The maximum atomic E-state index is 13.5. The van der Waals surface area contributed by atoms with Gasteiger partial charge in [0.2, 0.25) is 5.91 Å². The molecule has 13 heteroatoms. The highest BCUT2D eigenvalue weighted by molar-refractivity contribution is 8.00. The van der Waals surface area contributed by atoms with Gasteiger partial charge < -0.3 is 29.4 Å². The van der Waals surface area contributed by atoms with Gasteiger partial charge in [-0.05, 0) is 68.9 Å². The van der Waals surface area contributed by atoms with Gasteiger partial charge >= 0.3 is 5.97 Å². The normalized spacial score (nSPS) is 13.0. The molecule has 46 heavy (non-hydrogen) atoms. The number of hydrogen-bond donors (Lipinski definition) is 2. The Kier molecular flexibility index (Phi) is 11.0. The smallest absolute Gasteiger partial charge is 0.341 e. The summed E-state index contributed by atoms with van der Waals surface area (Å²) in [6.07, 6.45) is 3.75. The fraction of sp³-hybridized carbons (Fsp3) is 0.364. The predicted octanol–water partition coefficient (Wildman–Crippen LogP) is 5.51. The first-order valence-corrected chi connectivity index (χ1v) is 16.8. The van der Waals surface area contributed by atoms with E-state index in [1.165, 1.54) is 37.3 Å². The summed E-state index contributed by atoms with van der Waals surface area (Å²) in [5, 5.41) is 15.2. The van der Waals surface area contributed by atoms with Gasteiger partial charge in [-0.2, -0.15) is 0 Å². The first-order chi connectivity index (χ1) is 22.3. The van der Waals surface area contributed by atoms with Crippen LogP contribution in [0.15, 0.2) is 53.7 Å². The van der Waals surface area contributed by atoms with Crippen LogP contribution in [0.1, 0.15) is 69.2 Å². The molecule has 11 nitrogen and oxygen atoms in total. The first-order valence-electron chi connectivity index (χ1n) is 15.1. The molecule has 4 aromatic rings. The monoisotopic (exact) mass is 663 g/mol. The quantitative estimate of drug-likeness (QED) is 0.140. The number of rotatable bonds is 13. The molecule has 0 bridgehead atoms. The average Bonchev–Trinajstić information content (AvgIpc) is 3.63. The summed E-state index contributed by atoms with van der Waals surface area (Å²) in [5.41, 5.74) is 2.89. The predicted molar refractivity (Wildman–Crippen MR) is 177 cm³/mol. The molecule has 242 valence electrons. The number of aromatic nitrogens is 3. The van der Waals surface area contributed by atoms with Crippen LogP contribution in [-0.2, 0) is 35.5 Å². The zero-order chi connectivity index (χ0) is 32.6. The Morgan fingerprint density at radius 2 is 1.78 bits per heavy atom. The molecule has 2 amide bonds.